The first-order valence-electron chi connectivity index (χ1n) is 12.6. The number of amides is 1. The van der Waals surface area contributed by atoms with Crippen molar-refractivity contribution in [3.8, 4) is 11.5 Å². The number of alkyl halides is 3. The average molecular weight is 601 g/mol. The van der Waals surface area contributed by atoms with E-state index >= 15 is 0 Å². The number of methoxy groups -OCH3 is 2. The molecule has 0 atom stereocenters. The first-order chi connectivity index (χ1) is 20.0. The second-order valence-corrected chi connectivity index (χ2v) is 10.8. The summed E-state index contributed by atoms with van der Waals surface area (Å²) in [5, 5.41) is 2.27. The van der Waals surface area contributed by atoms with Crippen LogP contribution in [0.4, 0.5) is 13.2 Å². The standard InChI is InChI=1S/C29H27F3N4O5S/c1-40-24-13-9-22(25(16-24)41-2)19-36(26-6-4-3-5-15-33-26)42(38,39)27-14-10-21(18-34-27)28(37)35-17-20-7-11-23(12-8-20)29(30,31)32/h4-16,18H,3,17,19H2,1-2H3,(H,35,37). The van der Waals surface area contributed by atoms with E-state index in [1.54, 1.807) is 36.4 Å². The molecule has 1 amide bonds. The van der Waals surface area contributed by atoms with E-state index in [9.17, 15) is 26.4 Å². The monoisotopic (exact) mass is 600 g/mol. The molecule has 0 saturated carbocycles. The molecule has 0 fully saturated rings. The summed E-state index contributed by atoms with van der Waals surface area (Å²) < 4.78 is 77.8. The Morgan fingerprint density at radius 1 is 1.02 bits per heavy atom. The summed E-state index contributed by atoms with van der Waals surface area (Å²) in [4.78, 5) is 21.0. The Kier molecular flexibility index (Phi) is 9.31. The number of pyridine rings is 1. The van der Waals surface area contributed by atoms with Crippen LogP contribution in [0.3, 0.4) is 0 Å². The summed E-state index contributed by atoms with van der Waals surface area (Å²) in [6, 6.07) is 11.9. The second kappa shape index (κ2) is 12.9. The van der Waals surface area contributed by atoms with Crippen LogP contribution in [0.1, 0.15) is 33.5 Å². The molecule has 42 heavy (non-hydrogen) atoms. The molecular weight excluding hydrogens is 573 g/mol. The lowest BCUT2D eigenvalue weighted by molar-refractivity contribution is -0.137. The normalized spacial score (nSPS) is 13.2. The highest BCUT2D eigenvalue weighted by Gasteiger charge is 2.31. The predicted molar refractivity (Wildman–Crippen MR) is 149 cm³/mol. The Hall–Kier alpha value is -4.65. The lowest BCUT2D eigenvalue weighted by Crippen LogP contribution is -2.36. The quantitative estimate of drug-likeness (QED) is 0.366. The van der Waals surface area contributed by atoms with Gasteiger partial charge >= 0.3 is 6.18 Å². The van der Waals surface area contributed by atoms with E-state index in [1.807, 2.05) is 0 Å². The van der Waals surface area contributed by atoms with Crippen LogP contribution < -0.4 is 14.8 Å². The number of ether oxygens (including phenoxy) is 2. The average Bonchev–Trinajstić information content (AvgIpc) is 3.27. The fraction of sp³-hybridized carbons (Fsp3) is 0.207. The van der Waals surface area contributed by atoms with Gasteiger partial charge in [-0.1, -0.05) is 24.3 Å². The molecule has 2 heterocycles. The van der Waals surface area contributed by atoms with Gasteiger partial charge in [0.05, 0.1) is 31.9 Å². The van der Waals surface area contributed by atoms with E-state index in [0.717, 1.165) is 22.6 Å². The number of benzene rings is 2. The van der Waals surface area contributed by atoms with Gasteiger partial charge in [0.25, 0.3) is 15.9 Å². The topological polar surface area (TPSA) is 110 Å². The smallest absolute Gasteiger partial charge is 0.416 e. The molecule has 0 radical (unpaired) electrons. The van der Waals surface area contributed by atoms with E-state index in [0.29, 0.717) is 29.0 Å². The first-order valence-corrected chi connectivity index (χ1v) is 14.0. The minimum Gasteiger partial charge on any atom is -0.497 e. The lowest BCUT2D eigenvalue weighted by atomic mass is 10.1. The molecule has 1 aromatic heterocycles. The molecular formula is C29H27F3N4O5S. The van der Waals surface area contributed by atoms with Crippen molar-refractivity contribution in [1.29, 1.82) is 0 Å². The molecule has 4 rings (SSSR count). The number of carbonyl (C=O) groups is 1. The van der Waals surface area contributed by atoms with Gasteiger partial charge in [0.15, 0.2) is 5.03 Å². The Balaban J connectivity index is 1.55. The fourth-order valence-electron chi connectivity index (χ4n) is 3.93. The van der Waals surface area contributed by atoms with Crippen molar-refractivity contribution in [2.45, 2.75) is 30.7 Å². The van der Waals surface area contributed by atoms with Crippen molar-refractivity contribution in [3.63, 3.8) is 0 Å². The zero-order valence-electron chi connectivity index (χ0n) is 22.6. The molecule has 2 aromatic carbocycles. The SMILES string of the molecule is COc1ccc(CN(C2=NC=CCC=C2)S(=O)(=O)c2ccc(C(=O)NCc3ccc(C(F)(F)F)cc3)cn2)c(OC)c1. The van der Waals surface area contributed by atoms with E-state index in [-0.39, 0.29) is 29.5 Å². The van der Waals surface area contributed by atoms with E-state index in [1.165, 1.54) is 44.7 Å². The summed E-state index contributed by atoms with van der Waals surface area (Å²) in [6.45, 7) is -0.169. The van der Waals surface area contributed by atoms with Crippen molar-refractivity contribution < 1.29 is 35.9 Å². The summed E-state index contributed by atoms with van der Waals surface area (Å²) >= 11 is 0. The van der Waals surface area contributed by atoms with Gasteiger partial charge in [0.2, 0.25) is 0 Å². The van der Waals surface area contributed by atoms with E-state index < -0.39 is 27.7 Å². The first kappa shape index (κ1) is 30.3. The van der Waals surface area contributed by atoms with Crippen LogP contribution in [0.5, 0.6) is 11.5 Å². The van der Waals surface area contributed by atoms with Crippen molar-refractivity contribution in [3.05, 3.63) is 107 Å². The Morgan fingerprint density at radius 2 is 1.79 bits per heavy atom. The maximum absolute atomic E-state index is 13.8. The summed E-state index contributed by atoms with van der Waals surface area (Å²) in [5.74, 6) is 0.527. The van der Waals surface area contributed by atoms with Crippen LogP contribution in [-0.4, -0.2) is 43.7 Å². The number of sulfonamides is 1. The van der Waals surface area contributed by atoms with Gasteiger partial charge in [-0.25, -0.2) is 14.3 Å². The zero-order chi connectivity index (χ0) is 30.3. The number of hydrogen-bond acceptors (Lipinski definition) is 7. The maximum Gasteiger partial charge on any atom is 0.416 e. The molecule has 3 aromatic rings. The highest BCUT2D eigenvalue weighted by Crippen LogP contribution is 2.30. The number of allylic oxidation sites excluding steroid dienone is 2. The van der Waals surface area contributed by atoms with Gasteiger partial charge in [-0.15, -0.1) is 0 Å². The summed E-state index contributed by atoms with van der Waals surface area (Å²) in [5.41, 5.74) is 0.281. The molecule has 0 aliphatic carbocycles. The lowest BCUT2D eigenvalue weighted by Gasteiger charge is -2.24. The molecule has 0 bridgehead atoms. The van der Waals surface area contributed by atoms with E-state index in [4.69, 9.17) is 9.47 Å². The molecule has 0 spiro atoms. The fourth-order valence-corrected chi connectivity index (χ4v) is 5.25. The van der Waals surface area contributed by atoms with Crippen LogP contribution in [-0.2, 0) is 29.3 Å². The minimum absolute atomic E-state index is 0.0336. The molecule has 1 N–H and O–H groups in total. The minimum atomic E-state index is -4.46. The predicted octanol–water partition coefficient (Wildman–Crippen LogP) is 5.11. The number of nitrogens with one attached hydrogen (secondary N) is 1. The number of halogens is 3. The van der Waals surface area contributed by atoms with Gasteiger partial charge in [-0.2, -0.15) is 21.6 Å². The number of rotatable bonds is 9. The van der Waals surface area contributed by atoms with Crippen LogP contribution in [0.25, 0.3) is 0 Å². The van der Waals surface area contributed by atoms with Gasteiger partial charge < -0.3 is 14.8 Å². The number of hydrogen-bond donors (Lipinski definition) is 1. The van der Waals surface area contributed by atoms with Crippen LogP contribution in [0.15, 0.2) is 95.2 Å². The molecule has 220 valence electrons. The van der Waals surface area contributed by atoms with Gasteiger partial charge in [0, 0.05) is 30.6 Å². The number of aromatic nitrogens is 1. The van der Waals surface area contributed by atoms with Crippen LogP contribution in [0, 0.1) is 0 Å². The number of aliphatic imine (C=N–C) groups is 1. The van der Waals surface area contributed by atoms with Crippen molar-refractivity contribution in [2.75, 3.05) is 14.2 Å². The van der Waals surface area contributed by atoms with Crippen LogP contribution >= 0.6 is 0 Å². The van der Waals surface area contributed by atoms with Gasteiger partial charge in [-0.05, 0) is 54.5 Å². The third-order valence-corrected chi connectivity index (χ3v) is 7.87. The number of amidine groups is 1. The van der Waals surface area contributed by atoms with Crippen molar-refractivity contribution >= 4 is 21.8 Å². The molecule has 0 unspecified atom stereocenters. The Morgan fingerprint density at radius 3 is 2.43 bits per heavy atom. The molecule has 13 heteroatoms. The Labute approximate surface area is 241 Å². The summed E-state index contributed by atoms with van der Waals surface area (Å²) in [7, 11) is -1.30. The number of nitrogens with zero attached hydrogens (tertiary/aromatic N) is 3. The largest absolute Gasteiger partial charge is 0.497 e. The van der Waals surface area contributed by atoms with Crippen molar-refractivity contribution in [2.24, 2.45) is 4.99 Å². The Bertz CT molecular complexity index is 1620. The summed E-state index contributed by atoms with van der Waals surface area (Å²) in [6.07, 6.45) is 3.89. The van der Waals surface area contributed by atoms with Gasteiger partial charge in [0.1, 0.15) is 17.3 Å². The third-order valence-electron chi connectivity index (χ3n) is 6.20. The number of carbonyl (C=O) groups excluding carboxylic acids is 1. The van der Waals surface area contributed by atoms with Crippen molar-refractivity contribution in [1.82, 2.24) is 14.6 Å². The molecule has 1 aliphatic rings. The highest BCUT2D eigenvalue weighted by atomic mass is 32.2. The maximum atomic E-state index is 13.8. The van der Waals surface area contributed by atoms with Crippen LogP contribution in [0.2, 0.25) is 0 Å². The molecule has 9 nitrogen and oxygen atoms in total. The third kappa shape index (κ3) is 7.16. The van der Waals surface area contributed by atoms with Gasteiger partial charge in [-0.3, -0.25) is 4.79 Å². The molecule has 0 saturated heterocycles. The van der Waals surface area contributed by atoms with E-state index in [2.05, 4.69) is 15.3 Å². The second-order valence-electron chi connectivity index (χ2n) is 8.96. The zero-order valence-corrected chi connectivity index (χ0v) is 23.4. The molecule has 1 aliphatic heterocycles. The highest BCUT2D eigenvalue weighted by molar-refractivity contribution is 7.89.